The summed E-state index contributed by atoms with van der Waals surface area (Å²) in [7, 11) is 0. The maximum Gasteiger partial charge on any atom is 0.164 e. The van der Waals surface area contributed by atoms with Crippen LogP contribution in [-0.4, -0.2) is 0 Å². The molecule has 0 aromatic heterocycles. The Morgan fingerprint density at radius 1 is 1.18 bits per heavy atom. The Morgan fingerprint density at radius 3 is 2.71 bits per heavy atom. The van der Waals surface area contributed by atoms with Gasteiger partial charge in [-0.15, -0.1) is 0 Å². The molecule has 1 N–H and O–H groups in total. The van der Waals surface area contributed by atoms with E-state index in [0.717, 1.165) is 5.56 Å². The lowest BCUT2D eigenvalue weighted by Gasteiger charge is -2.08. The molecular weight excluding hydrogens is 237 g/mol. The van der Waals surface area contributed by atoms with Crippen LogP contribution in [0.3, 0.4) is 0 Å². The van der Waals surface area contributed by atoms with Gasteiger partial charge in [-0.1, -0.05) is 47.5 Å². The number of halogens is 2. The molecule has 2 aromatic rings. The molecule has 0 aliphatic rings. The highest BCUT2D eigenvalue weighted by Crippen LogP contribution is 2.22. The molecule has 0 saturated heterocycles. The van der Waals surface area contributed by atoms with E-state index in [1.54, 1.807) is 12.1 Å². The van der Waals surface area contributed by atoms with E-state index in [1.165, 1.54) is 11.6 Å². The van der Waals surface area contributed by atoms with Gasteiger partial charge in [-0.3, -0.25) is 0 Å². The molecule has 0 spiro atoms. The first-order valence-corrected chi connectivity index (χ1v) is 5.78. The molecule has 1 nitrogen and oxygen atoms in total. The van der Waals surface area contributed by atoms with Crippen LogP contribution in [0.4, 0.5) is 10.1 Å². The van der Waals surface area contributed by atoms with E-state index in [4.69, 9.17) is 11.6 Å². The molecule has 0 saturated carbocycles. The molecule has 88 valence electrons. The summed E-state index contributed by atoms with van der Waals surface area (Å²) in [5.41, 5.74) is 2.74. The molecule has 2 rings (SSSR count). The van der Waals surface area contributed by atoms with Crippen molar-refractivity contribution < 1.29 is 4.39 Å². The van der Waals surface area contributed by atoms with Crippen LogP contribution in [0.1, 0.15) is 11.1 Å². The number of aryl methyl sites for hydroxylation is 1. The van der Waals surface area contributed by atoms with Crippen molar-refractivity contribution in [2.45, 2.75) is 13.5 Å². The zero-order chi connectivity index (χ0) is 12.3. The standard InChI is InChI=1S/C14H13ClFN/c1-10-4-2-5-11(8-10)9-17-13-7-3-6-12(15)14(13)16/h2-8,17H,9H2,1H3. The highest BCUT2D eigenvalue weighted by Gasteiger charge is 2.05. The Balaban J connectivity index is 2.10. The predicted molar refractivity (Wildman–Crippen MR) is 69.9 cm³/mol. The third-order valence-electron chi connectivity index (χ3n) is 2.52. The van der Waals surface area contributed by atoms with E-state index >= 15 is 0 Å². The molecule has 0 atom stereocenters. The Kier molecular flexibility index (Phi) is 3.64. The number of nitrogens with one attached hydrogen (secondary N) is 1. The SMILES string of the molecule is Cc1cccc(CNc2cccc(Cl)c2F)c1. The van der Waals surface area contributed by atoms with Crippen LogP contribution in [0.2, 0.25) is 5.02 Å². The van der Waals surface area contributed by atoms with Gasteiger partial charge in [0, 0.05) is 6.54 Å². The summed E-state index contributed by atoms with van der Waals surface area (Å²) in [4.78, 5) is 0. The van der Waals surface area contributed by atoms with Gasteiger partial charge in [0.15, 0.2) is 5.82 Å². The number of hydrogen-bond donors (Lipinski definition) is 1. The summed E-state index contributed by atoms with van der Waals surface area (Å²) < 4.78 is 13.6. The molecule has 0 aliphatic carbocycles. The average Bonchev–Trinajstić information content (AvgIpc) is 2.31. The van der Waals surface area contributed by atoms with Gasteiger partial charge in [0.2, 0.25) is 0 Å². The quantitative estimate of drug-likeness (QED) is 0.850. The van der Waals surface area contributed by atoms with Gasteiger partial charge in [-0.25, -0.2) is 4.39 Å². The van der Waals surface area contributed by atoms with Crippen LogP contribution in [0.15, 0.2) is 42.5 Å². The number of hydrogen-bond acceptors (Lipinski definition) is 1. The second-order valence-corrected chi connectivity index (χ2v) is 4.35. The van der Waals surface area contributed by atoms with Crippen LogP contribution in [0.5, 0.6) is 0 Å². The molecule has 0 unspecified atom stereocenters. The monoisotopic (exact) mass is 249 g/mol. The van der Waals surface area contributed by atoms with E-state index in [0.29, 0.717) is 12.2 Å². The van der Waals surface area contributed by atoms with Gasteiger partial charge in [-0.05, 0) is 24.6 Å². The molecule has 0 radical (unpaired) electrons. The summed E-state index contributed by atoms with van der Waals surface area (Å²) >= 11 is 5.71. The Hall–Kier alpha value is -1.54. The number of anilines is 1. The molecule has 3 heteroatoms. The third-order valence-corrected chi connectivity index (χ3v) is 2.81. The summed E-state index contributed by atoms with van der Waals surface area (Å²) in [5, 5.41) is 3.18. The Morgan fingerprint density at radius 2 is 1.94 bits per heavy atom. The van der Waals surface area contributed by atoms with E-state index in [-0.39, 0.29) is 5.02 Å². The van der Waals surface area contributed by atoms with E-state index < -0.39 is 5.82 Å². The molecule has 0 heterocycles. The lowest BCUT2D eigenvalue weighted by Crippen LogP contribution is -2.01. The Labute approximate surface area is 105 Å². The van der Waals surface area contributed by atoms with E-state index in [2.05, 4.69) is 11.4 Å². The van der Waals surface area contributed by atoms with Crippen molar-refractivity contribution in [2.24, 2.45) is 0 Å². The minimum absolute atomic E-state index is 0.138. The average molecular weight is 250 g/mol. The fraction of sp³-hybridized carbons (Fsp3) is 0.143. The van der Waals surface area contributed by atoms with Crippen molar-refractivity contribution in [2.75, 3.05) is 5.32 Å². The van der Waals surface area contributed by atoms with Crippen LogP contribution in [-0.2, 0) is 6.54 Å². The molecule has 17 heavy (non-hydrogen) atoms. The van der Waals surface area contributed by atoms with Crippen molar-refractivity contribution in [1.82, 2.24) is 0 Å². The minimum Gasteiger partial charge on any atom is -0.379 e. The van der Waals surface area contributed by atoms with Gasteiger partial charge >= 0.3 is 0 Å². The van der Waals surface area contributed by atoms with Gasteiger partial charge in [0.05, 0.1) is 10.7 Å². The lowest BCUT2D eigenvalue weighted by molar-refractivity contribution is 0.630. The third kappa shape index (κ3) is 2.98. The normalized spacial score (nSPS) is 10.3. The molecule has 0 bridgehead atoms. The molecule has 0 amide bonds. The van der Waals surface area contributed by atoms with Gasteiger partial charge in [0.1, 0.15) is 0 Å². The Bertz CT molecular complexity index is 525. The van der Waals surface area contributed by atoms with Gasteiger partial charge < -0.3 is 5.32 Å². The first-order chi connectivity index (χ1) is 8.16. The molecular formula is C14H13ClFN. The zero-order valence-corrected chi connectivity index (χ0v) is 10.3. The first-order valence-electron chi connectivity index (χ1n) is 5.40. The minimum atomic E-state index is -0.401. The summed E-state index contributed by atoms with van der Waals surface area (Å²) in [6.45, 7) is 2.61. The van der Waals surface area contributed by atoms with Crippen molar-refractivity contribution >= 4 is 17.3 Å². The van der Waals surface area contributed by atoms with Crippen molar-refractivity contribution in [3.8, 4) is 0 Å². The summed E-state index contributed by atoms with van der Waals surface area (Å²) in [6.07, 6.45) is 0. The highest BCUT2D eigenvalue weighted by atomic mass is 35.5. The second kappa shape index (κ2) is 5.19. The summed E-state index contributed by atoms with van der Waals surface area (Å²) in [5.74, 6) is -0.401. The molecule has 0 aliphatic heterocycles. The van der Waals surface area contributed by atoms with Crippen LogP contribution in [0, 0.1) is 12.7 Å². The van der Waals surface area contributed by atoms with Gasteiger partial charge in [-0.2, -0.15) is 0 Å². The maximum absolute atomic E-state index is 13.6. The molecule has 0 fully saturated rings. The fourth-order valence-corrected chi connectivity index (χ4v) is 1.83. The van der Waals surface area contributed by atoms with Crippen molar-refractivity contribution in [3.05, 3.63) is 64.4 Å². The zero-order valence-electron chi connectivity index (χ0n) is 9.50. The molecule has 2 aromatic carbocycles. The van der Waals surface area contributed by atoms with Crippen molar-refractivity contribution in [1.29, 1.82) is 0 Å². The van der Waals surface area contributed by atoms with E-state index in [9.17, 15) is 4.39 Å². The summed E-state index contributed by atoms with van der Waals surface area (Å²) in [6, 6.07) is 13.0. The highest BCUT2D eigenvalue weighted by molar-refractivity contribution is 6.31. The second-order valence-electron chi connectivity index (χ2n) is 3.94. The smallest absolute Gasteiger partial charge is 0.164 e. The topological polar surface area (TPSA) is 12.0 Å². The number of rotatable bonds is 3. The van der Waals surface area contributed by atoms with Crippen LogP contribution >= 0.6 is 11.6 Å². The van der Waals surface area contributed by atoms with E-state index in [1.807, 2.05) is 25.1 Å². The maximum atomic E-state index is 13.6. The van der Waals surface area contributed by atoms with Crippen LogP contribution < -0.4 is 5.32 Å². The van der Waals surface area contributed by atoms with Gasteiger partial charge in [0.25, 0.3) is 0 Å². The van der Waals surface area contributed by atoms with Crippen molar-refractivity contribution in [3.63, 3.8) is 0 Å². The predicted octanol–water partition coefficient (Wildman–Crippen LogP) is 4.40. The lowest BCUT2D eigenvalue weighted by atomic mass is 10.1. The van der Waals surface area contributed by atoms with Crippen LogP contribution in [0.25, 0.3) is 0 Å². The first kappa shape index (κ1) is 11.9. The largest absolute Gasteiger partial charge is 0.379 e. The fourth-order valence-electron chi connectivity index (χ4n) is 1.66. The number of benzene rings is 2.